The Balaban J connectivity index is 2.93. The molecule has 0 aromatic heterocycles. The first-order valence-corrected chi connectivity index (χ1v) is 6.07. The second kappa shape index (κ2) is 6.83. The quantitative estimate of drug-likeness (QED) is 0.826. The summed E-state index contributed by atoms with van der Waals surface area (Å²) < 4.78 is 0. The lowest BCUT2D eigenvalue weighted by Crippen LogP contribution is -2.34. The smallest absolute Gasteiger partial charge is 0.253 e. The molecule has 1 rings (SSSR count). The number of hydrogen-bond acceptors (Lipinski definition) is 2. The molecule has 0 heterocycles. The SMILES string of the molecule is CCC(C)N(C)C(=O)c1cccc(C#CCO)c1. The van der Waals surface area contributed by atoms with Gasteiger partial charge in [-0.1, -0.05) is 24.8 Å². The minimum Gasteiger partial charge on any atom is -0.384 e. The van der Waals surface area contributed by atoms with Crippen LogP contribution in [0.2, 0.25) is 0 Å². The Morgan fingerprint density at radius 2 is 2.22 bits per heavy atom. The van der Waals surface area contributed by atoms with E-state index in [9.17, 15) is 4.79 Å². The third kappa shape index (κ3) is 3.61. The molecule has 0 radical (unpaired) electrons. The number of aliphatic hydroxyl groups is 1. The van der Waals surface area contributed by atoms with Crippen molar-refractivity contribution in [1.29, 1.82) is 0 Å². The highest BCUT2D eigenvalue weighted by Crippen LogP contribution is 2.10. The molecule has 0 fully saturated rings. The summed E-state index contributed by atoms with van der Waals surface area (Å²) in [5, 5.41) is 8.65. The molecule has 96 valence electrons. The van der Waals surface area contributed by atoms with E-state index in [0.717, 1.165) is 12.0 Å². The second-order valence-corrected chi connectivity index (χ2v) is 4.21. The van der Waals surface area contributed by atoms with Crippen molar-refractivity contribution in [3.63, 3.8) is 0 Å². The summed E-state index contributed by atoms with van der Waals surface area (Å²) in [7, 11) is 1.81. The topological polar surface area (TPSA) is 40.5 Å². The van der Waals surface area contributed by atoms with E-state index in [2.05, 4.69) is 18.8 Å². The summed E-state index contributed by atoms with van der Waals surface area (Å²) in [6.07, 6.45) is 0.923. The van der Waals surface area contributed by atoms with Crippen molar-refractivity contribution >= 4 is 5.91 Å². The van der Waals surface area contributed by atoms with Crippen molar-refractivity contribution in [2.45, 2.75) is 26.3 Å². The van der Waals surface area contributed by atoms with Gasteiger partial charge < -0.3 is 10.0 Å². The van der Waals surface area contributed by atoms with Crippen LogP contribution in [-0.2, 0) is 0 Å². The maximum absolute atomic E-state index is 12.2. The van der Waals surface area contributed by atoms with Gasteiger partial charge in [0.05, 0.1) is 0 Å². The van der Waals surface area contributed by atoms with Crippen LogP contribution in [0.25, 0.3) is 0 Å². The van der Waals surface area contributed by atoms with Gasteiger partial charge in [0.25, 0.3) is 5.91 Å². The third-order valence-corrected chi connectivity index (χ3v) is 2.99. The van der Waals surface area contributed by atoms with Crippen LogP contribution in [0, 0.1) is 11.8 Å². The largest absolute Gasteiger partial charge is 0.384 e. The number of benzene rings is 1. The molecule has 0 aliphatic carbocycles. The zero-order valence-electron chi connectivity index (χ0n) is 11.1. The Bertz CT molecular complexity index is 471. The Morgan fingerprint density at radius 1 is 1.50 bits per heavy atom. The van der Waals surface area contributed by atoms with Gasteiger partial charge in [0.15, 0.2) is 0 Å². The fourth-order valence-electron chi connectivity index (χ4n) is 1.55. The van der Waals surface area contributed by atoms with Gasteiger partial charge in [-0.25, -0.2) is 0 Å². The Kier molecular flexibility index (Phi) is 5.41. The normalized spacial score (nSPS) is 11.3. The van der Waals surface area contributed by atoms with Crippen LogP contribution in [0.4, 0.5) is 0 Å². The Morgan fingerprint density at radius 3 is 2.83 bits per heavy atom. The minimum absolute atomic E-state index is 0.00278. The zero-order valence-corrected chi connectivity index (χ0v) is 11.1. The number of rotatable bonds is 3. The average molecular weight is 245 g/mol. The molecular weight excluding hydrogens is 226 g/mol. The van der Waals surface area contributed by atoms with Gasteiger partial charge in [-0.3, -0.25) is 4.79 Å². The summed E-state index contributed by atoms with van der Waals surface area (Å²) in [6.45, 7) is 3.90. The molecule has 1 amide bonds. The van der Waals surface area contributed by atoms with Gasteiger partial charge in [0.1, 0.15) is 6.61 Å². The predicted molar refractivity (Wildman–Crippen MR) is 72.3 cm³/mol. The van der Waals surface area contributed by atoms with E-state index in [1.807, 2.05) is 20.0 Å². The second-order valence-electron chi connectivity index (χ2n) is 4.21. The van der Waals surface area contributed by atoms with E-state index in [-0.39, 0.29) is 18.6 Å². The molecule has 0 aliphatic rings. The van der Waals surface area contributed by atoms with Crippen LogP contribution in [-0.4, -0.2) is 35.6 Å². The molecule has 0 aliphatic heterocycles. The molecule has 3 heteroatoms. The molecule has 1 aromatic carbocycles. The van der Waals surface area contributed by atoms with Crippen molar-refractivity contribution in [1.82, 2.24) is 4.90 Å². The van der Waals surface area contributed by atoms with Gasteiger partial charge in [0.2, 0.25) is 0 Å². The first kappa shape index (κ1) is 14.3. The number of carbonyl (C=O) groups is 1. The van der Waals surface area contributed by atoms with Crippen LogP contribution in [0.1, 0.15) is 36.2 Å². The number of hydrogen-bond donors (Lipinski definition) is 1. The van der Waals surface area contributed by atoms with E-state index in [0.29, 0.717) is 5.56 Å². The highest BCUT2D eigenvalue weighted by Gasteiger charge is 2.15. The van der Waals surface area contributed by atoms with E-state index in [4.69, 9.17) is 5.11 Å². The predicted octanol–water partition coefficient (Wildman–Crippen LogP) is 1.90. The number of amides is 1. The number of aliphatic hydroxyl groups excluding tert-OH is 1. The van der Waals surface area contributed by atoms with E-state index in [1.165, 1.54) is 0 Å². The first-order valence-electron chi connectivity index (χ1n) is 6.07. The van der Waals surface area contributed by atoms with Gasteiger partial charge in [-0.2, -0.15) is 0 Å². The van der Waals surface area contributed by atoms with Crippen LogP contribution in [0.3, 0.4) is 0 Å². The van der Waals surface area contributed by atoms with Crippen molar-refractivity contribution < 1.29 is 9.90 Å². The third-order valence-electron chi connectivity index (χ3n) is 2.99. The van der Waals surface area contributed by atoms with Crippen molar-refractivity contribution in [2.24, 2.45) is 0 Å². The zero-order chi connectivity index (χ0) is 13.5. The van der Waals surface area contributed by atoms with Crippen LogP contribution in [0.15, 0.2) is 24.3 Å². The first-order chi connectivity index (χ1) is 8.60. The molecule has 1 aromatic rings. The maximum Gasteiger partial charge on any atom is 0.253 e. The van der Waals surface area contributed by atoms with Crippen LogP contribution in [0.5, 0.6) is 0 Å². The molecule has 18 heavy (non-hydrogen) atoms. The molecule has 1 N–H and O–H groups in total. The molecular formula is C15H19NO2. The Labute approximate surface area is 108 Å². The van der Waals surface area contributed by atoms with Gasteiger partial charge in [0, 0.05) is 24.2 Å². The fourth-order valence-corrected chi connectivity index (χ4v) is 1.55. The fraction of sp³-hybridized carbons (Fsp3) is 0.400. The summed E-state index contributed by atoms with van der Waals surface area (Å²) in [5.74, 6) is 5.37. The number of carbonyl (C=O) groups excluding carboxylic acids is 1. The highest BCUT2D eigenvalue weighted by atomic mass is 16.2. The maximum atomic E-state index is 12.2. The standard InChI is InChI=1S/C15H19NO2/c1-4-12(2)16(3)15(18)14-9-5-7-13(11-14)8-6-10-17/h5,7,9,11-12,17H,4,10H2,1-3H3. The van der Waals surface area contributed by atoms with Crippen molar-refractivity contribution in [3.8, 4) is 11.8 Å². The lowest BCUT2D eigenvalue weighted by Gasteiger charge is -2.23. The molecule has 3 nitrogen and oxygen atoms in total. The molecule has 0 saturated heterocycles. The summed E-state index contributed by atoms with van der Waals surface area (Å²) in [6, 6.07) is 7.38. The van der Waals surface area contributed by atoms with Gasteiger partial charge >= 0.3 is 0 Å². The van der Waals surface area contributed by atoms with Crippen molar-refractivity contribution in [2.75, 3.05) is 13.7 Å². The van der Waals surface area contributed by atoms with Gasteiger partial charge in [-0.15, -0.1) is 0 Å². The molecule has 1 unspecified atom stereocenters. The van der Waals surface area contributed by atoms with E-state index in [1.54, 1.807) is 23.1 Å². The monoisotopic (exact) mass is 245 g/mol. The number of nitrogens with zero attached hydrogens (tertiary/aromatic N) is 1. The summed E-state index contributed by atoms with van der Waals surface area (Å²) in [5.41, 5.74) is 1.37. The molecule has 0 spiro atoms. The molecule has 0 bridgehead atoms. The van der Waals surface area contributed by atoms with Crippen LogP contribution >= 0.6 is 0 Å². The van der Waals surface area contributed by atoms with E-state index >= 15 is 0 Å². The lowest BCUT2D eigenvalue weighted by molar-refractivity contribution is 0.0740. The summed E-state index contributed by atoms with van der Waals surface area (Å²) >= 11 is 0. The van der Waals surface area contributed by atoms with Crippen LogP contribution < -0.4 is 0 Å². The van der Waals surface area contributed by atoms with E-state index < -0.39 is 0 Å². The Hall–Kier alpha value is -1.79. The van der Waals surface area contributed by atoms with Gasteiger partial charge in [-0.05, 0) is 31.5 Å². The lowest BCUT2D eigenvalue weighted by atomic mass is 10.1. The highest BCUT2D eigenvalue weighted by molar-refractivity contribution is 5.94. The average Bonchev–Trinajstić information content (AvgIpc) is 2.42. The van der Waals surface area contributed by atoms with Crippen molar-refractivity contribution in [3.05, 3.63) is 35.4 Å². The molecule has 1 atom stereocenters. The molecule has 0 saturated carbocycles. The minimum atomic E-state index is -0.176. The summed E-state index contributed by atoms with van der Waals surface area (Å²) in [4.78, 5) is 13.9.